The Hall–Kier alpha value is -1.89. The molecular formula is C16H22N4O3. The third-order valence-corrected chi connectivity index (χ3v) is 5.46. The Morgan fingerprint density at radius 1 is 1.43 bits per heavy atom. The zero-order chi connectivity index (χ0) is 15.8. The van der Waals surface area contributed by atoms with Crippen molar-refractivity contribution in [3.05, 3.63) is 18.0 Å². The van der Waals surface area contributed by atoms with Gasteiger partial charge in [0.15, 0.2) is 0 Å². The summed E-state index contributed by atoms with van der Waals surface area (Å²) in [6.45, 7) is 2.15. The molecule has 0 aromatic carbocycles. The molecule has 1 aromatic rings. The van der Waals surface area contributed by atoms with Crippen molar-refractivity contribution in [1.82, 2.24) is 20.7 Å². The van der Waals surface area contributed by atoms with E-state index in [1.165, 1.54) is 6.26 Å². The highest BCUT2D eigenvalue weighted by atomic mass is 16.5. The Kier molecular flexibility index (Phi) is 3.80. The molecule has 2 bridgehead atoms. The smallest absolute Gasteiger partial charge is 0.243 e. The second-order valence-electron chi connectivity index (χ2n) is 6.87. The lowest BCUT2D eigenvalue weighted by molar-refractivity contribution is -0.157. The number of rotatable bonds is 3. The van der Waals surface area contributed by atoms with E-state index >= 15 is 0 Å². The first-order valence-electron chi connectivity index (χ1n) is 8.42. The molecule has 7 nitrogen and oxygen atoms in total. The Morgan fingerprint density at radius 3 is 3.13 bits per heavy atom. The average Bonchev–Trinajstić information content (AvgIpc) is 3.08. The molecule has 2 amide bonds. The molecule has 23 heavy (non-hydrogen) atoms. The molecule has 0 aliphatic carbocycles. The number of amides is 2. The van der Waals surface area contributed by atoms with E-state index in [0.29, 0.717) is 18.9 Å². The van der Waals surface area contributed by atoms with Gasteiger partial charge in [0.25, 0.3) is 0 Å². The maximum Gasteiger partial charge on any atom is 0.243 e. The maximum atomic E-state index is 12.8. The summed E-state index contributed by atoms with van der Waals surface area (Å²) in [6, 6.07) is -0.136. The standard InChI is InChI=1S/C16H22N4O3/c21-14-3-1-2-13-11-4-12(8-17-7-11)15(20(13)14)16(22)18-5-10-6-19-23-9-10/h6,9,11-13,15,17H,1-5,7-8H2,(H,18,22)/t11-,12+,13+,15-/m1/s1. The van der Waals surface area contributed by atoms with E-state index in [4.69, 9.17) is 4.52 Å². The van der Waals surface area contributed by atoms with Gasteiger partial charge in [-0.25, -0.2) is 0 Å². The molecule has 3 aliphatic rings. The summed E-state index contributed by atoms with van der Waals surface area (Å²) in [5.41, 5.74) is 0.829. The van der Waals surface area contributed by atoms with Gasteiger partial charge in [-0.2, -0.15) is 0 Å². The second kappa shape index (κ2) is 5.96. The van der Waals surface area contributed by atoms with Gasteiger partial charge in [0, 0.05) is 37.0 Å². The highest BCUT2D eigenvalue weighted by Gasteiger charge is 2.50. The topological polar surface area (TPSA) is 87.5 Å². The predicted molar refractivity (Wildman–Crippen MR) is 81.1 cm³/mol. The molecule has 0 spiro atoms. The molecule has 4 atom stereocenters. The van der Waals surface area contributed by atoms with E-state index in [1.807, 2.05) is 4.90 Å². The lowest BCUT2D eigenvalue weighted by Gasteiger charge is -2.53. The number of hydrogen-bond donors (Lipinski definition) is 2. The van der Waals surface area contributed by atoms with Crippen LogP contribution < -0.4 is 10.6 Å². The van der Waals surface area contributed by atoms with Crippen LogP contribution in [0.3, 0.4) is 0 Å². The van der Waals surface area contributed by atoms with E-state index in [-0.39, 0.29) is 29.8 Å². The van der Waals surface area contributed by atoms with Gasteiger partial charge >= 0.3 is 0 Å². The fourth-order valence-corrected chi connectivity index (χ4v) is 4.46. The van der Waals surface area contributed by atoms with Crippen molar-refractivity contribution in [3.8, 4) is 0 Å². The summed E-state index contributed by atoms with van der Waals surface area (Å²) in [5.74, 6) is 0.774. The van der Waals surface area contributed by atoms with Crippen LogP contribution in [0.2, 0.25) is 0 Å². The molecule has 4 rings (SSSR count). The van der Waals surface area contributed by atoms with Gasteiger partial charge in [-0.3, -0.25) is 9.59 Å². The number of nitrogens with zero attached hydrogens (tertiary/aromatic N) is 2. The van der Waals surface area contributed by atoms with Crippen molar-refractivity contribution in [2.24, 2.45) is 11.8 Å². The summed E-state index contributed by atoms with van der Waals surface area (Å²) in [4.78, 5) is 27.2. The zero-order valence-corrected chi connectivity index (χ0v) is 13.0. The number of fused-ring (bicyclic) bond motifs is 4. The number of nitrogens with one attached hydrogen (secondary N) is 2. The van der Waals surface area contributed by atoms with Crippen molar-refractivity contribution in [2.75, 3.05) is 13.1 Å². The molecule has 124 valence electrons. The van der Waals surface area contributed by atoms with Crippen LogP contribution in [0.1, 0.15) is 31.2 Å². The predicted octanol–water partition coefficient (Wildman–Crippen LogP) is 0.280. The summed E-state index contributed by atoms with van der Waals surface area (Å²) in [7, 11) is 0. The number of piperidine rings is 3. The number of aromatic nitrogens is 1. The monoisotopic (exact) mass is 318 g/mol. The first-order valence-corrected chi connectivity index (χ1v) is 8.42. The Balaban J connectivity index is 1.53. The van der Waals surface area contributed by atoms with Crippen LogP contribution in [-0.4, -0.2) is 47.0 Å². The van der Waals surface area contributed by atoms with Gasteiger partial charge in [0.2, 0.25) is 11.8 Å². The van der Waals surface area contributed by atoms with E-state index in [9.17, 15) is 9.59 Å². The lowest BCUT2D eigenvalue weighted by atomic mass is 9.72. The largest absolute Gasteiger partial charge is 0.364 e. The molecule has 4 heterocycles. The summed E-state index contributed by atoms with van der Waals surface area (Å²) < 4.78 is 4.78. The van der Waals surface area contributed by atoms with Crippen molar-refractivity contribution < 1.29 is 14.1 Å². The van der Waals surface area contributed by atoms with E-state index in [0.717, 1.165) is 37.9 Å². The molecular weight excluding hydrogens is 296 g/mol. The summed E-state index contributed by atoms with van der Waals surface area (Å²) >= 11 is 0. The molecule has 3 aliphatic heterocycles. The fourth-order valence-electron chi connectivity index (χ4n) is 4.46. The summed E-state index contributed by atoms with van der Waals surface area (Å²) in [6.07, 6.45) is 6.67. The Morgan fingerprint density at radius 2 is 2.30 bits per heavy atom. The number of carbonyl (C=O) groups is 2. The minimum absolute atomic E-state index is 0.0569. The zero-order valence-electron chi connectivity index (χ0n) is 13.0. The highest BCUT2D eigenvalue weighted by Crippen LogP contribution is 2.39. The Bertz CT molecular complexity index is 588. The van der Waals surface area contributed by atoms with E-state index in [2.05, 4.69) is 15.8 Å². The van der Waals surface area contributed by atoms with Crippen LogP contribution in [0.15, 0.2) is 17.0 Å². The van der Waals surface area contributed by atoms with Crippen LogP contribution >= 0.6 is 0 Å². The van der Waals surface area contributed by atoms with Crippen molar-refractivity contribution in [2.45, 2.75) is 44.3 Å². The molecule has 1 aromatic heterocycles. The van der Waals surface area contributed by atoms with Crippen molar-refractivity contribution >= 4 is 11.8 Å². The third-order valence-electron chi connectivity index (χ3n) is 5.46. The second-order valence-corrected chi connectivity index (χ2v) is 6.87. The SMILES string of the molecule is O=C(NCc1cnoc1)[C@H]1[C@@H]2CNC[C@@H](C2)[C@@H]2CCCC(=O)N21. The fraction of sp³-hybridized carbons (Fsp3) is 0.688. The van der Waals surface area contributed by atoms with Crippen LogP contribution in [0, 0.1) is 11.8 Å². The molecule has 3 fully saturated rings. The third kappa shape index (κ3) is 2.63. The van der Waals surface area contributed by atoms with E-state index < -0.39 is 0 Å². The lowest BCUT2D eigenvalue weighted by Crippen LogP contribution is -2.67. The van der Waals surface area contributed by atoms with Gasteiger partial charge in [-0.15, -0.1) is 0 Å². The number of hydrogen-bond acceptors (Lipinski definition) is 5. The van der Waals surface area contributed by atoms with Gasteiger partial charge in [0.1, 0.15) is 12.3 Å². The van der Waals surface area contributed by atoms with Crippen molar-refractivity contribution in [1.29, 1.82) is 0 Å². The molecule has 0 saturated carbocycles. The van der Waals surface area contributed by atoms with Crippen LogP contribution in [0.5, 0.6) is 0 Å². The van der Waals surface area contributed by atoms with Gasteiger partial charge < -0.3 is 20.1 Å². The van der Waals surface area contributed by atoms with Gasteiger partial charge in [-0.1, -0.05) is 5.16 Å². The molecule has 2 N–H and O–H groups in total. The van der Waals surface area contributed by atoms with Gasteiger partial charge in [0.05, 0.1) is 6.20 Å². The average molecular weight is 318 g/mol. The quantitative estimate of drug-likeness (QED) is 0.836. The first-order chi connectivity index (χ1) is 11.2. The van der Waals surface area contributed by atoms with Crippen LogP contribution in [-0.2, 0) is 16.1 Å². The normalized spacial score (nSPS) is 33.2. The van der Waals surface area contributed by atoms with E-state index in [1.54, 1.807) is 6.20 Å². The highest BCUT2D eigenvalue weighted by molar-refractivity contribution is 5.89. The molecule has 7 heteroatoms. The van der Waals surface area contributed by atoms with Crippen molar-refractivity contribution in [3.63, 3.8) is 0 Å². The molecule has 0 radical (unpaired) electrons. The minimum atomic E-state index is -0.350. The van der Waals surface area contributed by atoms with Gasteiger partial charge in [-0.05, 0) is 31.7 Å². The van der Waals surface area contributed by atoms with Crippen LogP contribution in [0.4, 0.5) is 0 Å². The number of carbonyl (C=O) groups excluding carboxylic acids is 2. The molecule has 0 unspecified atom stereocenters. The summed E-state index contributed by atoms with van der Waals surface area (Å²) in [5, 5.41) is 10.0. The van der Waals surface area contributed by atoms with Crippen LogP contribution in [0.25, 0.3) is 0 Å². The first kappa shape index (κ1) is 14.7. The maximum absolute atomic E-state index is 12.8. The minimum Gasteiger partial charge on any atom is -0.364 e. The Labute approximate surface area is 134 Å². The molecule has 3 saturated heterocycles.